The standard InChI is InChI=1S/C12H10O5S2.Mg.2H/c13-18(14,10-6-2-1-3-7-10)11-8-4-5-9-12(11)19(15,16)17;;;/h1-9H,(H,15,16,17);;;/q;+2;2*-1. The quantitative estimate of drug-likeness (QED) is 0.684. The third-order valence-corrected chi connectivity index (χ3v) is 5.34. The molecule has 2 rings (SSSR count). The van der Waals surface area contributed by atoms with Crippen LogP contribution in [0, 0.1) is 0 Å². The predicted molar refractivity (Wildman–Crippen MR) is 76.1 cm³/mol. The number of hydrogen-bond donors (Lipinski definition) is 1. The maximum atomic E-state index is 12.3. The van der Waals surface area contributed by atoms with E-state index in [1.54, 1.807) is 6.07 Å². The van der Waals surface area contributed by atoms with Crippen LogP contribution in [0.2, 0.25) is 0 Å². The molecule has 0 spiro atoms. The van der Waals surface area contributed by atoms with Crippen LogP contribution in [-0.4, -0.2) is 44.4 Å². The summed E-state index contributed by atoms with van der Waals surface area (Å²) in [5.74, 6) is 0. The Hall–Kier alpha value is -0.934. The molecule has 8 heteroatoms. The minimum absolute atomic E-state index is 0. The first-order valence-electron chi connectivity index (χ1n) is 5.20. The maximum absolute atomic E-state index is 12.3. The van der Waals surface area contributed by atoms with Gasteiger partial charge < -0.3 is 2.85 Å². The van der Waals surface area contributed by atoms with Crippen LogP contribution in [0.3, 0.4) is 0 Å². The van der Waals surface area contributed by atoms with Gasteiger partial charge in [0.05, 0.1) is 9.79 Å². The van der Waals surface area contributed by atoms with Gasteiger partial charge in [0.15, 0.2) is 0 Å². The molecule has 0 atom stereocenters. The number of hydrogen-bond acceptors (Lipinski definition) is 4. The predicted octanol–water partition coefficient (Wildman–Crippen LogP) is 1.61. The van der Waals surface area contributed by atoms with Crippen LogP contribution < -0.4 is 0 Å². The Kier molecular flexibility index (Phi) is 5.33. The fourth-order valence-electron chi connectivity index (χ4n) is 1.61. The van der Waals surface area contributed by atoms with Gasteiger partial charge in [0.2, 0.25) is 9.84 Å². The van der Waals surface area contributed by atoms with Crippen LogP contribution in [0.4, 0.5) is 0 Å². The average Bonchev–Trinajstić information content (AvgIpc) is 2.39. The first-order valence-corrected chi connectivity index (χ1v) is 8.12. The molecular weight excluding hydrogens is 313 g/mol. The third kappa shape index (κ3) is 3.39. The van der Waals surface area contributed by atoms with Crippen molar-refractivity contribution in [2.45, 2.75) is 14.7 Å². The Morgan fingerprint density at radius 1 is 0.750 bits per heavy atom. The molecule has 20 heavy (non-hydrogen) atoms. The second kappa shape index (κ2) is 6.23. The maximum Gasteiger partial charge on any atom is 2.00 e. The fourth-order valence-corrected chi connectivity index (χ4v) is 4.19. The zero-order valence-electron chi connectivity index (χ0n) is 12.3. The summed E-state index contributed by atoms with van der Waals surface area (Å²) in [6.45, 7) is 0. The van der Waals surface area contributed by atoms with Gasteiger partial charge in [-0.3, -0.25) is 4.55 Å². The minimum atomic E-state index is -4.60. The Balaban J connectivity index is 0. The van der Waals surface area contributed by atoms with E-state index in [2.05, 4.69) is 0 Å². The molecule has 1 N–H and O–H groups in total. The van der Waals surface area contributed by atoms with Crippen molar-refractivity contribution >= 4 is 43.0 Å². The Morgan fingerprint density at radius 2 is 1.20 bits per heavy atom. The van der Waals surface area contributed by atoms with Crippen LogP contribution in [0.1, 0.15) is 2.85 Å². The van der Waals surface area contributed by atoms with Crippen LogP contribution in [0.25, 0.3) is 0 Å². The third-order valence-electron chi connectivity index (χ3n) is 2.47. The van der Waals surface area contributed by atoms with E-state index in [0.717, 1.165) is 12.1 Å². The molecule has 0 saturated heterocycles. The van der Waals surface area contributed by atoms with Crippen molar-refractivity contribution in [1.29, 1.82) is 0 Å². The van der Waals surface area contributed by atoms with Crippen molar-refractivity contribution in [2.24, 2.45) is 0 Å². The molecule has 0 saturated carbocycles. The van der Waals surface area contributed by atoms with Gasteiger partial charge in [0.25, 0.3) is 10.1 Å². The summed E-state index contributed by atoms with van der Waals surface area (Å²) < 4.78 is 56.2. The van der Waals surface area contributed by atoms with Crippen molar-refractivity contribution in [2.75, 3.05) is 0 Å². The summed E-state index contributed by atoms with van der Waals surface area (Å²) in [5, 5.41) is 0. The van der Waals surface area contributed by atoms with Gasteiger partial charge in [-0.2, -0.15) is 8.42 Å². The van der Waals surface area contributed by atoms with Gasteiger partial charge in [0.1, 0.15) is 4.90 Å². The van der Waals surface area contributed by atoms with Crippen LogP contribution in [0.5, 0.6) is 0 Å². The van der Waals surface area contributed by atoms with E-state index in [0.29, 0.717) is 0 Å². The molecule has 0 heterocycles. The first-order chi connectivity index (χ1) is 8.83. The van der Waals surface area contributed by atoms with Crippen molar-refractivity contribution in [1.82, 2.24) is 0 Å². The van der Waals surface area contributed by atoms with Gasteiger partial charge in [0, 0.05) is 0 Å². The topological polar surface area (TPSA) is 88.5 Å². The van der Waals surface area contributed by atoms with E-state index >= 15 is 0 Å². The summed E-state index contributed by atoms with van der Waals surface area (Å²) in [6, 6.07) is 12.3. The molecule has 0 aliphatic heterocycles. The van der Waals surface area contributed by atoms with E-state index < -0.39 is 29.7 Å². The molecule has 0 bridgehead atoms. The molecule has 5 nitrogen and oxygen atoms in total. The number of sulfone groups is 1. The second-order valence-corrected chi connectivity index (χ2v) is 7.05. The summed E-state index contributed by atoms with van der Waals surface area (Å²) in [6.07, 6.45) is 0. The van der Waals surface area contributed by atoms with Gasteiger partial charge in [-0.25, -0.2) is 8.42 Å². The van der Waals surface area contributed by atoms with Gasteiger partial charge >= 0.3 is 23.1 Å². The van der Waals surface area contributed by atoms with E-state index in [1.807, 2.05) is 0 Å². The molecule has 0 aliphatic rings. The largest absolute Gasteiger partial charge is 2.00 e. The molecular formula is C12H12MgO5S2. The zero-order valence-corrected chi connectivity index (χ0v) is 13.3. The SMILES string of the molecule is O=S(=O)(O)c1ccccc1S(=O)(=O)c1ccccc1.[H-].[H-].[Mg+2]. The van der Waals surface area contributed by atoms with Crippen LogP contribution in [-0.2, 0) is 20.0 Å². The summed E-state index contributed by atoms with van der Waals surface area (Å²) in [5.41, 5.74) is 0. The average molecular weight is 325 g/mol. The number of rotatable bonds is 3. The molecule has 0 fully saturated rings. The normalized spacial score (nSPS) is 11.7. The van der Waals surface area contributed by atoms with Crippen molar-refractivity contribution in [3.8, 4) is 0 Å². The Labute approximate surface area is 136 Å². The molecule has 2 aromatic carbocycles. The van der Waals surface area contributed by atoms with E-state index in [-0.39, 0.29) is 30.8 Å². The van der Waals surface area contributed by atoms with Gasteiger partial charge in [-0.05, 0) is 24.3 Å². The van der Waals surface area contributed by atoms with Crippen LogP contribution >= 0.6 is 0 Å². The monoisotopic (exact) mass is 324 g/mol. The zero-order chi connectivity index (χ0) is 14.1. The van der Waals surface area contributed by atoms with E-state index in [9.17, 15) is 16.8 Å². The molecule has 0 amide bonds. The van der Waals surface area contributed by atoms with Crippen molar-refractivity contribution < 1.29 is 24.2 Å². The van der Waals surface area contributed by atoms with Crippen molar-refractivity contribution in [3.05, 3.63) is 54.6 Å². The Morgan fingerprint density at radius 3 is 1.70 bits per heavy atom. The number of benzene rings is 2. The fraction of sp³-hybridized carbons (Fsp3) is 0. The smallest absolute Gasteiger partial charge is 1.00 e. The van der Waals surface area contributed by atoms with Gasteiger partial charge in [-0.15, -0.1) is 0 Å². The Bertz CT molecular complexity index is 808. The molecule has 104 valence electrons. The van der Waals surface area contributed by atoms with E-state index in [1.165, 1.54) is 36.4 Å². The molecule has 2 aromatic rings. The first kappa shape index (κ1) is 17.1. The van der Waals surface area contributed by atoms with Crippen molar-refractivity contribution in [3.63, 3.8) is 0 Å². The summed E-state index contributed by atoms with van der Waals surface area (Å²) in [7, 11) is -8.60. The molecule has 0 unspecified atom stereocenters. The second-order valence-electron chi connectivity index (χ2n) is 3.74. The van der Waals surface area contributed by atoms with Crippen LogP contribution in [0.15, 0.2) is 69.3 Å². The van der Waals surface area contributed by atoms with E-state index in [4.69, 9.17) is 4.55 Å². The minimum Gasteiger partial charge on any atom is -1.00 e. The van der Waals surface area contributed by atoms with Gasteiger partial charge in [-0.1, -0.05) is 30.3 Å². The summed E-state index contributed by atoms with van der Waals surface area (Å²) in [4.78, 5) is -1.10. The molecule has 0 aliphatic carbocycles. The molecule has 0 radical (unpaired) electrons. The molecule has 0 aromatic heterocycles. The summed E-state index contributed by atoms with van der Waals surface area (Å²) >= 11 is 0.